The van der Waals surface area contributed by atoms with E-state index in [0.717, 1.165) is 0 Å². The van der Waals surface area contributed by atoms with Crippen molar-refractivity contribution in [1.29, 1.82) is 5.26 Å². The summed E-state index contributed by atoms with van der Waals surface area (Å²) < 4.78 is 25.7. The number of hydrogen-bond donors (Lipinski definition) is 1. The van der Waals surface area contributed by atoms with Gasteiger partial charge in [-0.1, -0.05) is 20.8 Å². The van der Waals surface area contributed by atoms with Crippen molar-refractivity contribution in [2.75, 3.05) is 12.3 Å². The fourth-order valence-corrected chi connectivity index (χ4v) is 2.45. The minimum atomic E-state index is -3.26. The molecule has 4 nitrogen and oxygen atoms in total. The van der Waals surface area contributed by atoms with E-state index in [1.54, 1.807) is 13.8 Å². The van der Waals surface area contributed by atoms with Gasteiger partial charge in [0.15, 0.2) is 0 Å². The molecule has 0 aliphatic rings. The molecule has 0 unspecified atom stereocenters. The van der Waals surface area contributed by atoms with Gasteiger partial charge in [0, 0.05) is 6.54 Å². The number of rotatable bonds is 5. The molecule has 0 fully saturated rings. The lowest BCUT2D eigenvalue weighted by molar-refractivity contribution is 0.395. The zero-order chi connectivity index (χ0) is 13.0. The third-order valence-corrected chi connectivity index (χ3v) is 3.48. The van der Waals surface area contributed by atoms with Crippen LogP contribution >= 0.6 is 0 Å². The molecule has 94 valence electrons. The summed E-state index contributed by atoms with van der Waals surface area (Å²) in [4.78, 5) is 0. The zero-order valence-corrected chi connectivity index (χ0v) is 11.6. The lowest BCUT2D eigenvalue weighted by Crippen LogP contribution is -2.35. The third-order valence-electron chi connectivity index (χ3n) is 2.16. The maximum Gasteiger partial charge on any atom is 0.211 e. The molecule has 0 heterocycles. The second-order valence-electron chi connectivity index (χ2n) is 5.95. The summed E-state index contributed by atoms with van der Waals surface area (Å²) in [6, 6.07) is 2.06. The van der Waals surface area contributed by atoms with E-state index in [2.05, 4.69) is 10.8 Å². The Labute approximate surface area is 99.1 Å². The van der Waals surface area contributed by atoms with Gasteiger partial charge in [-0.05, 0) is 25.7 Å². The van der Waals surface area contributed by atoms with Crippen LogP contribution in [0.25, 0.3) is 0 Å². The molecule has 0 spiro atoms. The molecule has 0 radical (unpaired) electrons. The van der Waals surface area contributed by atoms with Crippen LogP contribution in [0.5, 0.6) is 0 Å². The third kappa shape index (κ3) is 7.66. The Kier molecular flexibility index (Phi) is 4.96. The molecule has 0 rings (SSSR count). The second kappa shape index (κ2) is 5.15. The van der Waals surface area contributed by atoms with Gasteiger partial charge in [-0.15, -0.1) is 0 Å². The van der Waals surface area contributed by atoms with Gasteiger partial charge in [0.25, 0.3) is 0 Å². The van der Waals surface area contributed by atoms with Crippen LogP contribution in [0.3, 0.4) is 0 Å². The van der Waals surface area contributed by atoms with Crippen molar-refractivity contribution >= 4 is 10.0 Å². The lowest BCUT2D eigenvalue weighted by Gasteiger charge is -2.19. The predicted molar refractivity (Wildman–Crippen MR) is 65.3 cm³/mol. The number of hydrogen-bond acceptors (Lipinski definition) is 3. The average Bonchev–Trinajstić information content (AvgIpc) is 2.12. The van der Waals surface area contributed by atoms with E-state index in [4.69, 9.17) is 5.26 Å². The van der Waals surface area contributed by atoms with E-state index in [-0.39, 0.29) is 17.7 Å². The van der Waals surface area contributed by atoms with Crippen molar-refractivity contribution in [3.63, 3.8) is 0 Å². The van der Waals surface area contributed by atoms with Gasteiger partial charge in [0.1, 0.15) is 0 Å². The first-order chi connectivity index (χ1) is 6.97. The topological polar surface area (TPSA) is 70.0 Å². The molecule has 5 heteroatoms. The molecule has 0 aliphatic heterocycles. The largest absolute Gasteiger partial charge is 0.214 e. The SMILES string of the molecule is CC(C)(C)CCS(=O)(=O)NCC(C)(C)C#N. The van der Waals surface area contributed by atoms with Gasteiger partial charge in [-0.25, -0.2) is 13.1 Å². The average molecular weight is 246 g/mol. The molecule has 0 aromatic carbocycles. The van der Waals surface area contributed by atoms with Crippen LogP contribution in [0.4, 0.5) is 0 Å². The van der Waals surface area contributed by atoms with E-state index in [0.29, 0.717) is 6.42 Å². The first-order valence-corrected chi connectivity index (χ1v) is 7.01. The smallest absolute Gasteiger partial charge is 0.211 e. The number of nitrogens with one attached hydrogen (secondary N) is 1. The minimum Gasteiger partial charge on any atom is -0.214 e. The molecular formula is C11H22N2O2S. The fraction of sp³-hybridized carbons (Fsp3) is 0.909. The molecule has 0 aromatic rings. The first kappa shape index (κ1) is 15.4. The summed E-state index contributed by atoms with van der Waals surface area (Å²) in [5.41, 5.74) is -0.658. The summed E-state index contributed by atoms with van der Waals surface area (Å²) in [6.07, 6.45) is 0.606. The van der Waals surface area contributed by atoms with Crippen molar-refractivity contribution in [2.45, 2.75) is 41.0 Å². The molecule has 1 N–H and O–H groups in total. The highest BCUT2D eigenvalue weighted by Gasteiger charge is 2.22. The molecule has 0 atom stereocenters. The van der Waals surface area contributed by atoms with Crippen LogP contribution in [0.2, 0.25) is 0 Å². The second-order valence-corrected chi connectivity index (χ2v) is 7.87. The highest BCUT2D eigenvalue weighted by molar-refractivity contribution is 7.89. The first-order valence-electron chi connectivity index (χ1n) is 5.36. The van der Waals surface area contributed by atoms with E-state index in [1.165, 1.54) is 0 Å². The van der Waals surface area contributed by atoms with Crippen LogP contribution in [-0.2, 0) is 10.0 Å². The fourth-order valence-electron chi connectivity index (χ4n) is 0.843. The molecule has 0 bridgehead atoms. The summed E-state index contributed by atoms with van der Waals surface area (Å²) in [5, 5.41) is 8.77. The zero-order valence-electron chi connectivity index (χ0n) is 10.8. The Balaban J connectivity index is 4.24. The Morgan fingerprint density at radius 2 is 1.69 bits per heavy atom. The molecule has 0 amide bonds. The lowest BCUT2D eigenvalue weighted by atomic mass is 9.94. The Morgan fingerprint density at radius 1 is 1.19 bits per heavy atom. The number of sulfonamides is 1. The standard InChI is InChI=1S/C11H22N2O2S/c1-10(2,3)6-7-16(14,15)13-9-11(4,5)8-12/h13H,6-7,9H2,1-5H3. The summed E-state index contributed by atoms with van der Waals surface area (Å²) in [5.74, 6) is 0.109. The van der Waals surface area contributed by atoms with E-state index in [9.17, 15) is 8.42 Å². The van der Waals surface area contributed by atoms with Crippen LogP contribution in [-0.4, -0.2) is 20.7 Å². The van der Waals surface area contributed by atoms with Crippen molar-refractivity contribution in [2.24, 2.45) is 10.8 Å². The highest BCUT2D eigenvalue weighted by atomic mass is 32.2. The Morgan fingerprint density at radius 3 is 2.06 bits per heavy atom. The van der Waals surface area contributed by atoms with Crippen LogP contribution in [0.15, 0.2) is 0 Å². The van der Waals surface area contributed by atoms with E-state index in [1.807, 2.05) is 20.8 Å². The molecule has 16 heavy (non-hydrogen) atoms. The van der Waals surface area contributed by atoms with Crippen LogP contribution in [0, 0.1) is 22.2 Å². The maximum atomic E-state index is 11.6. The summed E-state index contributed by atoms with van der Waals surface area (Å²) in [6.45, 7) is 9.58. The van der Waals surface area contributed by atoms with Gasteiger partial charge < -0.3 is 0 Å². The monoisotopic (exact) mass is 246 g/mol. The van der Waals surface area contributed by atoms with E-state index >= 15 is 0 Å². The normalized spacial score (nSPS) is 13.5. The minimum absolute atomic E-state index is 0.000500. The van der Waals surface area contributed by atoms with Crippen LogP contribution in [0.1, 0.15) is 41.0 Å². The van der Waals surface area contributed by atoms with Gasteiger partial charge in [0.2, 0.25) is 10.0 Å². The van der Waals surface area contributed by atoms with Gasteiger partial charge in [-0.2, -0.15) is 5.26 Å². The summed E-state index contributed by atoms with van der Waals surface area (Å²) >= 11 is 0. The molecule has 0 saturated heterocycles. The van der Waals surface area contributed by atoms with Crippen LogP contribution < -0.4 is 4.72 Å². The Hall–Kier alpha value is -0.600. The van der Waals surface area contributed by atoms with Crippen molar-refractivity contribution in [1.82, 2.24) is 4.72 Å². The molecule has 0 aliphatic carbocycles. The van der Waals surface area contributed by atoms with Gasteiger partial charge in [-0.3, -0.25) is 0 Å². The van der Waals surface area contributed by atoms with Gasteiger partial charge >= 0.3 is 0 Å². The molecule has 0 aromatic heterocycles. The van der Waals surface area contributed by atoms with Crippen molar-refractivity contribution in [3.05, 3.63) is 0 Å². The highest BCUT2D eigenvalue weighted by Crippen LogP contribution is 2.19. The number of nitrogens with zero attached hydrogens (tertiary/aromatic N) is 1. The quantitative estimate of drug-likeness (QED) is 0.805. The van der Waals surface area contributed by atoms with E-state index < -0.39 is 15.4 Å². The Bertz CT molecular complexity index is 358. The maximum absolute atomic E-state index is 11.6. The number of nitriles is 1. The summed E-state index contributed by atoms with van der Waals surface area (Å²) in [7, 11) is -3.26. The molecule has 0 saturated carbocycles. The van der Waals surface area contributed by atoms with Crippen molar-refractivity contribution < 1.29 is 8.42 Å². The van der Waals surface area contributed by atoms with Crippen molar-refractivity contribution in [3.8, 4) is 6.07 Å². The molecular weight excluding hydrogens is 224 g/mol. The van der Waals surface area contributed by atoms with Gasteiger partial charge in [0.05, 0.1) is 17.2 Å². The predicted octanol–water partition coefficient (Wildman–Crippen LogP) is 1.89.